The maximum atomic E-state index is 12.3. The van der Waals surface area contributed by atoms with Crippen LogP contribution in [0, 0.1) is 0 Å². The molecule has 76 heavy (non-hydrogen) atoms. The molecule has 0 bridgehead atoms. The summed E-state index contributed by atoms with van der Waals surface area (Å²) in [6.45, 7) is 4.06. The fourth-order valence-electron chi connectivity index (χ4n) is 9.52. The molecule has 0 aromatic rings. The lowest BCUT2D eigenvalue weighted by Gasteiger charge is -2.15. The van der Waals surface area contributed by atoms with E-state index in [1.807, 2.05) is 0 Å². The van der Waals surface area contributed by atoms with Gasteiger partial charge in [-0.1, -0.05) is 329 Å². The Morgan fingerprint density at radius 2 is 0.566 bits per heavy atom. The van der Waals surface area contributed by atoms with Crippen molar-refractivity contribution < 1.29 is 24.2 Å². The zero-order chi connectivity index (χ0) is 54.8. The number of ether oxygens (including phenoxy) is 2. The number of esters is 2. The van der Waals surface area contributed by atoms with Gasteiger partial charge in [0.1, 0.15) is 6.61 Å². The van der Waals surface area contributed by atoms with Crippen LogP contribution in [0.15, 0.2) is 97.2 Å². The second kappa shape index (κ2) is 66.1. The highest BCUT2D eigenvalue weighted by atomic mass is 16.6. The molecule has 0 heterocycles. The molecule has 5 heteroatoms. The minimum atomic E-state index is -0.782. The summed E-state index contributed by atoms with van der Waals surface area (Å²) in [6.07, 6.45) is 94.2. The third kappa shape index (κ3) is 63.4. The first kappa shape index (κ1) is 72.8. The molecule has 0 rings (SSSR count). The van der Waals surface area contributed by atoms with E-state index < -0.39 is 6.10 Å². The lowest BCUT2D eigenvalue weighted by Crippen LogP contribution is -2.28. The van der Waals surface area contributed by atoms with Gasteiger partial charge in [0, 0.05) is 12.8 Å². The van der Waals surface area contributed by atoms with E-state index in [9.17, 15) is 14.7 Å². The minimum Gasteiger partial charge on any atom is -0.462 e. The van der Waals surface area contributed by atoms with Crippen molar-refractivity contribution >= 4 is 11.9 Å². The largest absolute Gasteiger partial charge is 0.462 e. The molecule has 0 saturated carbocycles. The molecule has 1 unspecified atom stereocenters. The number of hydrogen-bond acceptors (Lipinski definition) is 5. The molecule has 0 radical (unpaired) electrons. The minimum absolute atomic E-state index is 0.0702. The lowest BCUT2D eigenvalue weighted by atomic mass is 10.0. The zero-order valence-electron chi connectivity index (χ0n) is 50.3. The Kier molecular flexibility index (Phi) is 63.3. The Balaban J connectivity index is 3.50. The second-order valence-corrected chi connectivity index (χ2v) is 21.8. The van der Waals surface area contributed by atoms with Crippen LogP contribution in [-0.2, 0) is 19.1 Å². The Morgan fingerprint density at radius 1 is 0.316 bits per heavy atom. The van der Waals surface area contributed by atoms with Crippen LogP contribution in [0.3, 0.4) is 0 Å². The lowest BCUT2D eigenvalue weighted by molar-refractivity contribution is -0.161. The predicted molar refractivity (Wildman–Crippen MR) is 334 cm³/mol. The smallest absolute Gasteiger partial charge is 0.306 e. The van der Waals surface area contributed by atoms with Crippen LogP contribution >= 0.6 is 0 Å². The van der Waals surface area contributed by atoms with E-state index in [2.05, 4.69) is 111 Å². The summed E-state index contributed by atoms with van der Waals surface area (Å²) in [7, 11) is 0. The summed E-state index contributed by atoms with van der Waals surface area (Å²) in [4.78, 5) is 24.6. The van der Waals surface area contributed by atoms with E-state index in [1.165, 1.54) is 199 Å². The van der Waals surface area contributed by atoms with Crippen molar-refractivity contribution in [3.05, 3.63) is 97.2 Å². The summed E-state index contributed by atoms with van der Waals surface area (Å²) in [5.41, 5.74) is 0. The van der Waals surface area contributed by atoms with Crippen molar-refractivity contribution in [2.24, 2.45) is 0 Å². The van der Waals surface area contributed by atoms with E-state index in [0.717, 1.165) is 96.3 Å². The van der Waals surface area contributed by atoms with Crippen molar-refractivity contribution in [2.75, 3.05) is 13.2 Å². The topological polar surface area (TPSA) is 72.8 Å². The van der Waals surface area contributed by atoms with E-state index in [1.54, 1.807) is 0 Å². The third-order valence-electron chi connectivity index (χ3n) is 14.4. The van der Waals surface area contributed by atoms with Crippen LogP contribution in [0.5, 0.6) is 0 Å². The first-order valence-corrected chi connectivity index (χ1v) is 32.8. The van der Waals surface area contributed by atoms with Gasteiger partial charge >= 0.3 is 11.9 Å². The molecule has 1 atom stereocenters. The Morgan fingerprint density at radius 3 is 0.855 bits per heavy atom. The molecule has 0 aliphatic heterocycles. The zero-order valence-corrected chi connectivity index (χ0v) is 50.3. The van der Waals surface area contributed by atoms with E-state index in [4.69, 9.17) is 9.47 Å². The molecular formula is C71H124O5. The van der Waals surface area contributed by atoms with Crippen LogP contribution in [-0.4, -0.2) is 36.4 Å². The molecule has 0 saturated heterocycles. The summed E-state index contributed by atoms with van der Waals surface area (Å²) >= 11 is 0. The van der Waals surface area contributed by atoms with Crippen molar-refractivity contribution in [1.82, 2.24) is 0 Å². The van der Waals surface area contributed by atoms with Crippen LogP contribution in [0.25, 0.3) is 0 Å². The highest BCUT2D eigenvalue weighted by molar-refractivity contribution is 5.70. The van der Waals surface area contributed by atoms with Gasteiger partial charge in [-0.3, -0.25) is 9.59 Å². The van der Waals surface area contributed by atoms with Crippen LogP contribution in [0.4, 0.5) is 0 Å². The Hall–Kier alpha value is -3.18. The molecule has 5 nitrogen and oxygen atoms in total. The number of carbonyl (C=O) groups excluding carboxylic acids is 2. The fourth-order valence-corrected chi connectivity index (χ4v) is 9.52. The summed E-state index contributed by atoms with van der Waals surface area (Å²) in [6, 6.07) is 0. The number of allylic oxidation sites excluding steroid dienone is 16. The Bertz CT molecular complexity index is 1430. The van der Waals surface area contributed by atoms with Crippen molar-refractivity contribution in [3.8, 4) is 0 Å². The van der Waals surface area contributed by atoms with Crippen molar-refractivity contribution in [1.29, 1.82) is 0 Å². The number of aliphatic hydroxyl groups excluding tert-OH is 1. The van der Waals surface area contributed by atoms with E-state index in [-0.39, 0.29) is 25.2 Å². The van der Waals surface area contributed by atoms with Gasteiger partial charge in [-0.15, -0.1) is 0 Å². The number of carbonyl (C=O) groups is 2. The third-order valence-corrected chi connectivity index (χ3v) is 14.4. The van der Waals surface area contributed by atoms with E-state index >= 15 is 0 Å². The van der Waals surface area contributed by atoms with Gasteiger partial charge in [-0.2, -0.15) is 0 Å². The van der Waals surface area contributed by atoms with Gasteiger partial charge in [0.05, 0.1) is 6.61 Å². The van der Waals surface area contributed by atoms with Gasteiger partial charge in [0.15, 0.2) is 6.10 Å². The predicted octanol–water partition coefficient (Wildman–Crippen LogP) is 22.6. The highest BCUT2D eigenvalue weighted by Crippen LogP contribution is 2.18. The molecular weight excluding hydrogens is 933 g/mol. The number of aliphatic hydroxyl groups is 1. The maximum absolute atomic E-state index is 12.3. The molecule has 0 aromatic carbocycles. The first-order valence-electron chi connectivity index (χ1n) is 32.8. The average molecular weight is 1060 g/mol. The number of hydrogen-bond donors (Lipinski definition) is 1. The fraction of sp³-hybridized carbons (Fsp3) is 0.746. The average Bonchev–Trinajstić information content (AvgIpc) is 3.42. The monoisotopic (exact) mass is 1060 g/mol. The summed E-state index contributed by atoms with van der Waals surface area (Å²) in [5.74, 6) is -0.591. The SMILES string of the molecule is CC/C=C\C/C=C\C/C=C\C/C=C\C/C=C\C/C=C\C/C=C\C/C=C\CCCCCCCCCCC(=O)OC(CO)COC(=O)CCCCCCCCCCCCCCCCCCCCCCCCCCCCCCC. The van der Waals surface area contributed by atoms with Gasteiger partial charge in [0.25, 0.3) is 0 Å². The van der Waals surface area contributed by atoms with Gasteiger partial charge < -0.3 is 14.6 Å². The van der Waals surface area contributed by atoms with Crippen molar-refractivity contribution in [2.45, 2.75) is 328 Å². The van der Waals surface area contributed by atoms with Gasteiger partial charge in [-0.25, -0.2) is 0 Å². The quantitative estimate of drug-likeness (QED) is 0.0373. The van der Waals surface area contributed by atoms with Gasteiger partial charge in [0.2, 0.25) is 0 Å². The summed E-state index contributed by atoms with van der Waals surface area (Å²) in [5, 5.41) is 9.69. The van der Waals surface area contributed by atoms with E-state index in [0.29, 0.717) is 12.8 Å². The molecule has 0 aromatic heterocycles. The molecule has 0 aliphatic carbocycles. The summed E-state index contributed by atoms with van der Waals surface area (Å²) < 4.78 is 10.7. The number of rotatable bonds is 60. The van der Waals surface area contributed by atoms with Gasteiger partial charge in [-0.05, 0) is 77.0 Å². The molecule has 0 spiro atoms. The molecule has 1 N–H and O–H groups in total. The molecule has 0 amide bonds. The molecule has 0 aliphatic rings. The van der Waals surface area contributed by atoms with Crippen molar-refractivity contribution in [3.63, 3.8) is 0 Å². The number of unbranched alkanes of at least 4 members (excludes halogenated alkanes) is 36. The van der Waals surface area contributed by atoms with Crippen LogP contribution in [0.2, 0.25) is 0 Å². The second-order valence-electron chi connectivity index (χ2n) is 21.8. The Labute approximate surface area is 472 Å². The molecule has 438 valence electrons. The standard InChI is InChI=1S/C71H124O5/c1-3-5-7-9-11-13-15-17-19-21-23-25-27-29-31-33-34-35-36-38-40-42-44-46-48-50-52-54-56-58-60-62-64-66-71(74)76-69(67-72)68-75-70(73)65-63-61-59-57-55-53-51-49-47-45-43-41-39-37-32-30-28-26-24-22-20-18-16-14-12-10-8-6-4-2/h5,7,11,13,17,19,23,25,29,31,34-35,38,40,44,46,69,72H,3-4,6,8-10,12,14-16,18,20-22,24,26-28,30,32-33,36-37,39,41-43,45,47-68H2,1-2H3/b7-5-,13-11-,19-17-,25-23-,31-29-,35-34-,40-38-,46-44-. The normalized spacial score (nSPS) is 12.8. The van der Waals surface area contributed by atoms with Crippen LogP contribution in [0.1, 0.15) is 322 Å². The first-order chi connectivity index (χ1) is 37.6. The maximum Gasteiger partial charge on any atom is 0.306 e. The van der Waals surface area contributed by atoms with Crippen LogP contribution < -0.4 is 0 Å². The molecule has 0 fully saturated rings. The highest BCUT2D eigenvalue weighted by Gasteiger charge is 2.16.